The van der Waals surface area contributed by atoms with Crippen molar-refractivity contribution in [2.24, 2.45) is 0 Å². The van der Waals surface area contributed by atoms with E-state index in [1.54, 1.807) is 11.8 Å². The summed E-state index contributed by atoms with van der Waals surface area (Å²) in [5.74, 6) is -0.909. The molecule has 1 aromatic carbocycles. The van der Waals surface area contributed by atoms with Gasteiger partial charge in [0.1, 0.15) is 5.82 Å². The van der Waals surface area contributed by atoms with Crippen molar-refractivity contribution in [1.82, 2.24) is 4.90 Å². The number of aliphatic hydroxyl groups excluding tert-OH is 1. The van der Waals surface area contributed by atoms with Crippen molar-refractivity contribution in [2.75, 3.05) is 18.9 Å². The van der Waals surface area contributed by atoms with Crippen LogP contribution in [0.25, 0.3) is 0 Å². The number of nitrogen functional groups attached to an aromatic ring is 1. The molecule has 2 rings (SSSR count). The average Bonchev–Trinajstić information content (AvgIpc) is 2.42. The summed E-state index contributed by atoms with van der Waals surface area (Å²) in [4.78, 5) is 14.0. The van der Waals surface area contributed by atoms with Crippen molar-refractivity contribution in [2.45, 2.75) is 32.2 Å². The molecular weight excluding hydrogens is 247 g/mol. The highest BCUT2D eigenvalue weighted by atomic mass is 19.1. The highest BCUT2D eigenvalue weighted by molar-refractivity contribution is 5.96. The van der Waals surface area contributed by atoms with Gasteiger partial charge in [0.25, 0.3) is 5.91 Å². The summed E-state index contributed by atoms with van der Waals surface area (Å²) in [6.45, 7) is 2.05. The lowest BCUT2D eigenvalue weighted by Crippen LogP contribution is -2.46. The maximum Gasteiger partial charge on any atom is 0.257 e. The number of hydrogen-bond acceptors (Lipinski definition) is 3. The molecule has 1 unspecified atom stereocenters. The fourth-order valence-electron chi connectivity index (χ4n) is 2.57. The number of anilines is 1. The molecule has 1 heterocycles. The van der Waals surface area contributed by atoms with Gasteiger partial charge in [0.05, 0.1) is 18.2 Å². The number of piperidine rings is 1. The summed E-state index contributed by atoms with van der Waals surface area (Å²) >= 11 is 0. The monoisotopic (exact) mass is 266 g/mol. The van der Waals surface area contributed by atoms with E-state index >= 15 is 0 Å². The predicted octanol–water partition coefficient (Wildman–Crippen LogP) is 1.70. The predicted molar refractivity (Wildman–Crippen MR) is 71.3 cm³/mol. The lowest BCUT2D eigenvalue weighted by atomic mass is 10.0. The first kappa shape index (κ1) is 13.8. The molecule has 1 aliphatic heterocycles. The zero-order valence-corrected chi connectivity index (χ0v) is 11.0. The first-order valence-corrected chi connectivity index (χ1v) is 6.52. The molecule has 0 spiro atoms. The molecule has 3 N–H and O–H groups in total. The zero-order chi connectivity index (χ0) is 14.0. The number of rotatable bonds is 2. The zero-order valence-electron chi connectivity index (χ0n) is 11.0. The van der Waals surface area contributed by atoms with Crippen LogP contribution >= 0.6 is 0 Å². The molecule has 0 aliphatic carbocycles. The summed E-state index contributed by atoms with van der Waals surface area (Å²) in [6.07, 6.45) is 2.61. The molecule has 4 nitrogen and oxygen atoms in total. The van der Waals surface area contributed by atoms with Crippen molar-refractivity contribution < 1.29 is 14.3 Å². The topological polar surface area (TPSA) is 66.6 Å². The maximum atomic E-state index is 14.1. The third-order valence-electron chi connectivity index (χ3n) is 3.61. The molecule has 1 aliphatic rings. The van der Waals surface area contributed by atoms with E-state index < -0.39 is 5.82 Å². The van der Waals surface area contributed by atoms with Gasteiger partial charge >= 0.3 is 0 Å². The van der Waals surface area contributed by atoms with Gasteiger partial charge in [-0.05, 0) is 43.9 Å². The molecule has 1 atom stereocenters. The van der Waals surface area contributed by atoms with Gasteiger partial charge in [-0.2, -0.15) is 0 Å². The van der Waals surface area contributed by atoms with E-state index in [1.807, 2.05) is 0 Å². The second-order valence-electron chi connectivity index (χ2n) is 5.03. The molecule has 104 valence electrons. The minimum atomic E-state index is -0.526. The molecule has 1 amide bonds. The van der Waals surface area contributed by atoms with E-state index in [-0.39, 0.29) is 24.1 Å². The number of aliphatic hydroxyl groups is 1. The normalized spacial score (nSPS) is 19.5. The summed E-state index contributed by atoms with van der Waals surface area (Å²) in [5, 5.41) is 9.32. The number of aryl methyl sites for hydroxylation is 1. The second-order valence-corrected chi connectivity index (χ2v) is 5.03. The van der Waals surface area contributed by atoms with Crippen LogP contribution in [0.4, 0.5) is 10.1 Å². The Bertz CT molecular complexity index is 491. The number of nitrogens with two attached hydrogens (primary N) is 1. The van der Waals surface area contributed by atoms with Crippen LogP contribution in [-0.4, -0.2) is 35.1 Å². The van der Waals surface area contributed by atoms with E-state index in [2.05, 4.69) is 0 Å². The molecule has 0 saturated carbocycles. The number of likely N-dealkylation sites (tertiary alicyclic amines) is 1. The van der Waals surface area contributed by atoms with Gasteiger partial charge < -0.3 is 15.7 Å². The number of carbonyl (C=O) groups is 1. The van der Waals surface area contributed by atoms with Crippen molar-refractivity contribution >= 4 is 11.6 Å². The summed E-state index contributed by atoms with van der Waals surface area (Å²) in [6, 6.07) is 2.65. The Morgan fingerprint density at radius 3 is 2.95 bits per heavy atom. The lowest BCUT2D eigenvalue weighted by Gasteiger charge is -2.34. The largest absolute Gasteiger partial charge is 0.399 e. The van der Waals surface area contributed by atoms with Gasteiger partial charge in [-0.25, -0.2) is 4.39 Å². The van der Waals surface area contributed by atoms with Crippen molar-refractivity contribution in [3.8, 4) is 0 Å². The summed E-state index contributed by atoms with van der Waals surface area (Å²) < 4.78 is 14.1. The number of hydrogen-bond donors (Lipinski definition) is 2. The highest BCUT2D eigenvalue weighted by Gasteiger charge is 2.28. The van der Waals surface area contributed by atoms with Crippen LogP contribution in [0, 0.1) is 12.7 Å². The van der Waals surface area contributed by atoms with E-state index in [0.717, 1.165) is 19.3 Å². The molecule has 0 aromatic heterocycles. The molecule has 1 fully saturated rings. The Morgan fingerprint density at radius 1 is 1.53 bits per heavy atom. The van der Waals surface area contributed by atoms with Crippen LogP contribution < -0.4 is 5.73 Å². The van der Waals surface area contributed by atoms with Crippen molar-refractivity contribution in [3.05, 3.63) is 29.1 Å². The molecular formula is C14H19FN2O2. The summed E-state index contributed by atoms with van der Waals surface area (Å²) in [7, 11) is 0. The average molecular weight is 266 g/mol. The lowest BCUT2D eigenvalue weighted by molar-refractivity contribution is 0.0498. The highest BCUT2D eigenvalue weighted by Crippen LogP contribution is 2.23. The third kappa shape index (κ3) is 2.71. The van der Waals surface area contributed by atoms with Gasteiger partial charge in [-0.15, -0.1) is 0 Å². The smallest absolute Gasteiger partial charge is 0.257 e. The number of amides is 1. The van der Waals surface area contributed by atoms with Crippen LogP contribution in [0.3, 0.4) is 0 Å². The molecule has 0 radical (unpaired) electrons. The van der Waals surface area contributed by atoms with E-state index in [4.69, 9.17) is 5.73 Å². The van der Waals surface area contributed by atoms with Gasteiger partial charge in [-0.3, -0.25) is 4.79 Å². The number of nitrogens with zero attached hydrogens (tertiary/aromatic N) is 1. The Kier molecular flexibility index (Phi) is 4.04. The maximum absolute atomic E-state index is 14.1. The Balaban J connectivity index is 2.33. The van der Waals surface area contributed by atoms with E-state index in [0.29, 0.717) is 17.8 Å². The van der Waals surface area contributed by atoms with Crippen LogP contribution in [0.15, 0.2) is 12.1 Å². The molecule has 19 heavy (non-hydrogen) atoms. The van der Waals surface area contributed by atoms with Crippen LogP contribution in [0.2, 0.25) is 0 Å². The van der Waals surface area contributed by atoms with Crippen LogP contribution in [0.5, 0.6) is 0 Å². The standard InChI is InChI=1S/C14H19FN2O2/c1-9-6-10(16)7-12(13(9)15)14(19)17-5-3-2-4-11(17)8-18/h6-7,11,18H,2-5,8,16H2,1H3. The SMILES string of the molecule is Cc1cc(N)cc(C(=O)N2CCCCC2CO)c1F. The van der Waals surface area contributed by atoms with Crippen LogP contribution in [-0.2, 0) is 0 Å². The molecule has 5 heteroatoms. The third-order valence-corrected chi connectivity index (χ3v) is 3.61. The second kappa shape index (κ2) is 5.57. The quantitative estimate of drug-likeness (QED) is 0.801. The van der Waals surface area contributed by atoms with Crippen LogP contribution in [0.1, 0.15) is 35.2 Å². The van der Waals surface area contributed by atoms with Gasteiger partial charge in [0.2, 0.25) is 0 Å². The number of benzene rings is 1. The molecule has 1 saturated heterocycles. The summed E-state index contributed by atoms with van der Waals surface area (Å²) in [5.41, 5.74) is 6.41. The van der Waals surface area contributed by atoms with Crippen molar-refractivity contribution in [3.63, 3.8) is 0 Å². The number of carbonyl (C=O) groups excluding carboxylic acids is 1. The van der Waals surface area contributed by atoms with Gasteiger partial charge in [0, 0.05) is 12.2 Å². The fraction of sp³-hybridized carbons (Fsp3) is 0.500. The van der Waals surface area contributed by atoms with Gasteiger partial charge in [-0.1, -0.05) is 0 Å². The first-order valence-electron chi connectivity index (χ1n) is 6.52. The minimum Gasteiger partial charge on any atom is -0.399 e. The Labute approximate surface area is 112 Å². The van der Waals surface area contributed by atoms with E-state index in [9.17, 15) is 14.3 Å². The fourth-order valence-corrected chi connectivity index (χ4v) is 2.57. The molecule has 0 bridgehead atoms. The molecule has 1 aromatic rings. The van der Waals surface area contributed by atoms with E-state index in [1.165, 1.54) is 12.1 Å². The van der Waals surface area contributed by atoms with Crippen molar-refractivity contribution in [1.29, 1.82) is 0 Å². The van der Waals surface area contributed by atoms with Gasteiger partial charge in [0.15, 0.2) is 0 Å². The first-order chi connectivity index (χ1) is 9.04. The Morgan fingerprint density at radius 2 is 2.26 bits per heavy atom. The number of halogens is 1. The minimum absolute atomic E-state index is 0.00199. The Hall–Kier alpha value is -1.62.